The van der Waals surface area contributed by atoms with Crippen LogP contribution < -0.4 is 5.32 Å². The third-order valence-corrected chi connectivity index (χ3v) is 9.11. The van der Waals surface area contributed by atoms with Crippen LogP contribution in [-0.2, 0) is 32.5 Å². The van der Waals surface area contributed by atoms with Crippen LogP contribution in [0.5, 0.6) is 0 Å². The molecule has 1 aromatic heterocycles. The number of sulfonamides is 1. The molecule has 0 saturated carbocycles. The summed E-state index contributed by atoms with van der Waals surface area (Å²) in [5.41, 5.74) is 1.40. The lowest BCUT2D eigenvalue weighted by molar-refractivity contribution is -0.120. The highest BCUT2D eigenvalue weighted by Crippen LogP contribution is 2.38. The topological polar surface area (TPSA) is 96.0 Å². The van der Waals surface area contributed by atoms with E-state index in [1.165, 1.54) is 15.6 Å². The number of piperidine rings is 1. The molecule has 10 heteroatoms. The van der Waals surface area contributed by atoms with E-state index in [2.05, 4.69) is 10.2 Å². The summed E-state index contributed by atoms with van der Waals surface area (Å²) in [6, 6.07) is 8.28. The number of carbonyl (C=O) groups excluding carboxylic acids is 2. The minimum Gasteiger partial charge on any atom is -0.462 e. The monoisotopic (exact) mass is 491 g/mol. The highest BCUT2D eigenvalue weighted by atomic mass is 32.2. The van der Waals surface area contributed by atoms with E-state index >= 15 is 0 Å². The predicted molar refractivity (Wildman–Crippen MR) is 127 cm³/mol. The number of thiophene rings is 1. The average Bonchev–Trinajstić information content (AvgIpc) is 3.16. The molecule has 1 amide bonds. The number of nitrogens with zero attached hydrogens (tertiary/aromatic N) is 2. The number of amides is 1. The van der Waals surface area contributed by atoms with E-state index in [1.807, 2.05) is 7.05 Å². The normalized spacial score (nSPS) is 19.6. The van der Waals surface area contributed by atoms with Crippen molar-refractivity contribution < 1.29 is 22.7 Å². The number of ether oxygens (including phenoxy) is 1. The number of esters is 1. The molecule has 1 saturated heterocycles. The number of benzene rings is 1. The summed E-state index contributed by atoms with van der Waals surface area (Å²) in [6.07, 6.45) is 1.91. The third-order valence-electron chi connectivity index (χ3n) is 6.10. The largest absolute Gasteiger partial charge is 0.462 e. The predicted octanol–water partition coefficient (Wildman–Crippen LogP) is 2.95. The van der Waals surface area contributed by atoms with Crippen LogP contribution in [0.4, 0.5) is 5.00 Å². The summed E-state index contributed by atoms with van der Waals surface area (Å²) in [5.74, 6) is -1.18. The maximum atomic E-state index is 13.2. The summed E-state index contributed by atoms with van der Waals surface area (Å²) in [6.45, 7) is 4.06. The molecule has 178 valence electrons. The minimum absolute atomic E-state index is 0.117. The Bertz CT molecular complexity index is 1130. The van der Waals surface area contributed by atoms with Crippen molar-refractivity contribution in [2.24, 2.45) is 5.92 Å². The standard InChI is InChI=1S/C23H29N3O5S2/c1-3-31-23(28)20-18-11-13-25(2)15-19(18)32-22(20)24-21(27)16-8-7-12-26(14-16)33(29,30)17-9-5-4-6-10-17/h4-6,9-10,16H,3,7-8,11-15H2,1-2H3,(H,24,27). The van der Waals surface area contributed by atoms with Crippen molar-refractivity contribution in [2.75, 3.05) is 38.6 Å². The van der Waals surface area contributed by atoms with Gasteiger partial charge in [-0.15, -0.1) is 11.3 Å². The molecule has 3 heterocycles. The molecule has 0 bridgehead atoms. The van der Waals surface area contributed by atoms with Crippen molar-refractivity contribution in [2.45, 2.75) is 37.6 Å². The number of hydrogen-bond donors (Lipinski definition) is 1. The zero-order chi connectivity index (χ0) is 23.6. The minimum atomic E-state index is -3.66. The number of carbonyl (C=O) groups is 2. The maximum Gasteiger partial charge on any atom is 0.341 e. The van der Waals surface area contributed by atoms with Crippen LogP contribution in [0.15, 0.2) is 35.2 Å². The van der Waals surface area contributed by atoms with E-state index in [0.29, 0.717) is 30.0 Å². The highest BCUT2D eigenvalue weighted by molar-refractivity contribution is 7.89. The van der Waals surface area contributed by atoms with Crippen LogP contribution in [0.2, 0.25) is 0 Å². The molecular weight excluding hydrogens is 462 g/mol. The smallest absolute Gasteiger partial charge is 0.341 e. The fourth-order valence-corrected chi connectivity index (χ4v) is 7.23. The molecule has 1 unspecified atom stereocenters. The fourth-order valence-electron chi connectivity index (χ4n) is 4.37. The van der Waals surface area contributed by atoms with Crippen LogP contribution in [0.1, 0.15) is 40.6 Å². The second-order valence-electron chi connectivity index (χ2n) is 8.42. The van der Waals surface area contributed by atoms with E-state index in [0.717, 1.165) is 30.0 Å². The number of anilines is 1. The molecule has 0 spiro atoms. The summed E-state index contributed by atoms with van der Waals surface area (Å²) < 4.78 is 32.7. The molecule has 1 atom stereocenters. The van der Waals surface area contributed by atoms with Gasteiger partial charge in [0.15, 0.2) is 0 Å². The first-order chi connectivity index (χ1) is 15.8. The van der Waals surface area contributed by atoms with E-state index in [9.17, 15) is 18.0 Å². The van der Waals surface area contributed by atoms with Gasteiger partial charge in [0.05, 0.1) is 23.0 Å². The molecule has 4 rings (SSSR count). The summed E-state index contributed by atoms with van der Waals surface area (Å²) in [4.78, 5) is 29.4. The first-order valence-electron chi connectivity index (χ1n) is 11.2. The second-order valence-corrected chi connectivity index (χ2v) is 11.5. The van der Waals surface area contributed by atoms with Gasteiger partial charge >= 0.3 is 5.97 Å². The van der Waals surface area contributed by atoms with Gasteiger partial charge in [-0.25, -0.2) is 13.2 Å². The van der Waals surface area contributed by atoms with E-state index in [4.69, 9.17) is 4.74 Å². The van der Waals surface area contributed by atoms with Crippen LogP contribution in [0.25, 0.3) is 0 Å². The first kappa shape index (κ1) is 23.9. The van der Waals surface area contributed by atoms with Crippen molar-refractivity contribution in [1.82, 2.24) is 9.21 Å². The maximum absolute atomic E-state index is 13.2. The molecule has 8 nitrogen and oxygen atoms in total. The average molecular weight is 492 g/mol. The van der Waals surface area contributed by atoms with E-state index in [-0.39, 0.29) is 24.0 Å². The number of likely N-dealkylation sites (N-methyl/N-ethyl adjacent to an activating group) is 1. The van der Waals surface area contributed by atoms with Crippen molar-refractivity contribution in [3.63, 3.8) is 0 Å². The zero-order valence-corrected chi connectivity index (χ0v) is 20.5. The van der Waals surface area contributed by atoms with Gasteiger partial charge in [-0.2, -0.15) is 4.31 Å². The molecular formula is C23H29N3O5S2. The Morgan fingerprint density at radius 2 is 1.97 bits per heavy atom. The Hall–Kier alpha value is -2.27. The molecule has 1 N–H and O–H groups in total. The molecule has 2 aliphatic heterocycles. The lowest BCUT2D eigenvalue weighted by Gasteiger charge is -2.31. The quantitative estimate of drug-likeness (QED) is 0.624. The summed E-state index contributed by atoms with van der Waals surface area (Å²) in [7, 11) is -1.64. The third kappa shape index (κ3) is 4.98. The van der Waals surface area contributed by atoms with E-state index in [1.54, 1.807) is 37.3 Å². The highest BCUT2D eigenvalue weighted by Gasteiger charge is 2.35. The first-order valence-corrected chi connectivity index (χ1v) is 13.4. The summed E-state index contributed by atoms with van der Waals surface area (Å²) >= 11 is 1.41. The molecule has 2 aliphatic rings. The summed E-state index contributed by atoms with van der Waals surface area (Å²) in [5, 5.41) is 3.44. The Morgan fingerprint density at radius 1 is 1.21 bits per heavy atom. The fraction of sp³-hybridized carbons (Fsp3) is 0.478. The molecule has 1 fully saturated rings. The molecule has 0 aliphatic carbocycles. The molecule has 0 radical (unpaired) electrons. The van der Waals surface area contributed by atoms with Gasteiger partial charge in [0.2, 0.25) is 15.9 Å². The molecule has 2 aromatic rings. The van der Waals surface area contributed by atoms with Crippen LogP contribution in [-0.4, -0.2) is 62.8 Å². The Balaban J connectivity index is 1.54. The Kier molecular flexibility index (Phi) is 7.18. The number of hydrogen-bond acceptors (Lipinski definition) is 7. The number of rotatable bonds is 6. The SMILES string of the molecule is CCOC(=O)c1c(NC(=O)C2CCCN(S(=O)(=O)c3ccccc3)C2)sc2c1CCN(C)C2. The van der Waals surface area contributed by atoms with Crippen molar-refractivity contribution in [1.29, 1.82) is 0 Å². The zero-order valence-electron chi connectivity index (χ0n) is 18.9. The van der Waals surface area contributed by atoms with Crippen LogP contribution in [0.3, 0.4) is 0 Å². The van der Waals surface area contributed by atoms with Gasteiger partial charge in [0, 0.05) is 31.1 Å². The van der Waals surface area contributed by atoms with Gasteiger partial charge in [-0.1, -0.05) is 18.2 Å². The lowest BCUT2D eigenvalue weighted by Crippen LogP contribution is -2.43. The van der Waals surface area contributed by atoms with Crippen LogP contribution >= 0.6 is 11.3 Å². The van der Waals surface area contributed by atoms with E-state index < -0.39 is 21.9 Å². The Labute approximate surface area is 198 Å². The second kappa shape index (κ2) is 9.92. The lowest BCUT2D eigenvalue weighted by atomic mass is 9.98. The number of fused-ring (bicyclic) bond motifs is 1. The van der Waals surface area contributed by atoms with Gasteiger partial charge in [-0.05, 0) is 50.9 Å². The van der Waals surface area contributed by atoms with Gasteiger partial charge in [0.25, 0.3) is 0 Å². The number of nitrogens with one attached hydrogen (secondary N) is 1. The van der Waals surface area contributed by atoms with Crippen molar-refractivity contribution in [3.8, 4) is 0 Å². The van der Waals surface area contributed by atoms with Gasteiger partial charge in [-0.3, -0.25) is 4.79 Å². The van der Waals surface area contributed by atoms with Gasteiger partial charge < -0.3 is 15.0 Å². The van der Waals surface area contributed by atoms with Crippen molar-refractivity contribution in [3.05, 3.63) is 46.3 Å². The van der Waals surface area contributed by atoms with Crippen molar-refractivity contribution >= 4 is 38.2 Å². The van der Waals surface area contributed by atoms with Crippen LogP contribution in [0, 0.1) is 5.92 Å². The van der Waals surface area contributed by atoms with Gasteiger partial charge in [0.1, 0.15) is 5.00 Å². The molecule has 1 aromatic carbocycles. The Morgan fingerprint density at radius 3 is 2.70 bits per heavy atom. The molecule has 33 heavy (non-hydrogen) atoms.